The lowest BCUT2D eigenvalue weighted by atomic mass is 10.1. The van der Waals surface area contributed by atoms with E-state index in [0.29, 0.717) is 11.1 Å². The van der Waals surface area contributed by atoms with Crippen LogP contribution in [-0.2, 0) is 9.59 Å². The zero-order valence-corrected chi connectivity index (χ0v) is 17.6. The van der Waals surface area contributed by atoms with E-state index >= 15 is 0 Å². The summed E-state index contributed by atoms with van der Waals surface area (Å²) >= 11 is 0. The molecule has 0 aliphatic carbocycles. The van der Waals surface area contributed by atoms with Crippen molar-refractivity contribution >= 4 is 35.9 Å². The molecule has 0 fully saturated rings. The number of carboxylic acid groups (broad SMARTS) is 2. The van der Waals surface area contributed by atoms with Crippen LogP contribution in [0.4, 0.5) is 0 Å². The molecule has 34 heavy (non-hydrogen) atoms. The fraction of sp³-hybridized carbons (Fsp3) is 0.0833. The van der Waals surface area contributed by atoms with Crippen molar-refractivity contribution in [2.75, 3.05) is 13.1 Å². The molecule has 0 heterocycles. The summed E-state index contributed by atoms with van der Waals surface area (Å²) < 4.78 is 0. The Morgan fingerprint density at radius 1 is 0.676 bits per heavy atom. The predicted octanol–water partition coefficient (Wildman–Crippen LogP) is 1.83. The number of rotatable bonds is 9. The van der Waals surface area contributed by atoms with Gasteiger partial charge in [-0.1, -0.05) is 24.3 Å². The molecule has 170 valence electrons. The minimum atomic E-state index is -1.10. The van der Waals surface area contributed by atoms with Gasteiger partial charge in [-0.05, 0) is 47.5 Å². The Balaban J connectivity index is 1.91. The van der Waals surface area contributed by atoms with Crippen molar-refractivity contribution in [1.29, 1.82) is 10.5 Å². The lowest BCUT2D eigenvalue weighted by Crippen LogP contribution is -2.35. The number of hydrogen-bond donors (Lipinski definition) is 4. The summed E-state index contributed by atoms with van der Waals surface area (Å²) in [5, 5.41) is 41.2. The maximum Gasteiger partial charge on any atom is 0.335 e. The Kier molecular flexibility index (Phi) is 8.82. The van der Waals surface area contributed by atoms with E-state index < -0.39 is 23.8 Å². The number of benzene rings is 2. The molecule has 0 saturated heterocycles. The van der Waals surface area contributed by atoms with E-state index in [9.17, 15) is 29.7 Å². The van der Waals surface area contributed by atoms with E-state index in [1.807, 2.05) is 0 Å². The minimum absolute atomic E-state index is 0.0203. The number of carbonyl (C=O) groups excluding carboxylic acids is 2. The number of hydrogen-bond acceptors (Lipinski definition) is 6. The van der Waals surface area contributed by atoms with Crippen LogP contribution in [0.15, 0.2) is 59.7 Å². The van der Waals surface area contributed by atoms with Gasteiger partial charge in [-0.25, -0.2) is 9.59 Å². The van der Waals surface area contributed by atoms with Crippen LogP contribution in [0, 0.1) is 22.7 Å². The summed E-state index contributed by atoms with van der Waals surface area (Å²) in [6.07, 6.45) is 2.59. The largest absolute Gasteiger partial charge is 0.478 e. The smallest absolute Gasteiger partial charge is 0.335 e. The van der Waals surface area contributed by atoms with Crippen molar-refractivity contribution in [2.45, 2.75) is 0 Å². The number of nitrogens with zero attached hydrogens (tertiary/aromatic N) is 2. The first-order valence-corrected chi connectivity index (χ1v) is 9.72. The Labute approximate surface area is 194 Å². The van der Waals surface area contributed by atoms with E-state index in [1.165, 1.54) is 60.7 Å². The molecule has 0 radical (unpaired) electrons. The normalized spacial score (nSPS) is 11.0. The first-order chi connectivity index (χ1) is 16.2. The first-order valence-electron chi connectivity index (χ1n) is 9.72. The number of carboxylic acids is 2. The van der Waals surface area contributed by atoms with E-state index in [0.717, 1.165) is 0 Å². The summed E-state index contributed by atoms with van der Waals surface area (Å²) in [5.41, 5.74) is 0.641. The van der Waals surface area contributed by atoms with E-state index in [-0.39, 0.29) is 35.4 Å². The van der Waals surface area contributed by atoms with Gasteiger partial charge in [0.05, 0.1) is 11.1 Å². The second kappa shape index (κ2) is 12.0. The number of carbonyl (C=O) groups is 4. The fourth-order valence-corrected chi connectivity index (χ4v) is 2.62. The maximum absolute atomic E-state index is 12.2. The van der Waals surface area contributed by atoms with Crippen molar-refractivity contribution in [3.63, 3.8) is 0 Å². The molecule has 10 heteroatoms. The molecule has 0 aliphatic rings. The van der Waals surface area contributed by atoms with Gasteiger partial charge in [-0.2, -0.15) is 10.5 Å². The molecule has 2 rings (SSSR count). The number of aromatic carboxylic acids is 2. The van der Waals surface area contributed by atoms with Crippen molar-refractivity contribution in [3.05, 3.63) is 81.9 Å². The van der Waals surface area contributed by atoms with Crippen LogP contribution in [0.5, 0.6) is 0 Å². The lowest BCUT2D eigenvalue weighted by molar-refractivity contribution is -0.118. The summed E-state index contributed by atoms with van der Waals surface area (Å²) in [5.74, 6) is -3.56. The Morgan fingerprint density at radius 2 is 1.00 bits per heavy atom. The van der Waals surface area contributed by atoms with Gasteiger partial charge in [0.25, 0.3) is 11.8 Å². The van der Waals surface area contributed by atoms with Crippen LogP contribution in [0.3, 0.4) is 0 Å². The molecule has 0 saturated carbocycles. The molecule has 4 N–H and O–H groups in total. The second-order valence-electron chi connectivity index (χ2n) is 6.71. The SMILES string of the molecule is N#C/C(=C\c1ccc(C(=O)O)cc1)C(=O)NCCNC(=O)/C(C#N)=C/c1ccc(C(=O)O)cc1. The molecule has 2 aromatic carbocycles. The molecule has 0 aromatic heterocycles. The predicted molar refractivity (Wildman–Crippen MR) is 120 cm³/mol. The van der Waals surface area contributed by atoms with E-state index in [4.69, 9.17) is 10.2 Å². The van der Waals surface area contributed by atoms with Gasteiger partial charge in [0.2, 0.25) is 0 Å². The van der Waals surface area contributed by atoms with Gasteiger partial charge >= 0.3 is 11.9 Å². The highest BCUT2D eigenvalue weighted by Gasteiger charge is 2.11. The number of nitrogens with one attached hydrogen (secondary N) is 2. The van der Waals surface area contributed by atoms with E-state index in [1.54, 1.807) is 12.1 Å². The van der Waals surface area contributed by atoms with Gasteiger partial charge in [0.15, 0.2) is 0 Å². The minimum Gasteiger partial charge on any atom is -0.478 e. The monoisotopic (exact) mass is 458 g/mol. The number of amides is 2. The summed E-state index contributed by atoms with van der Waals surface area (Å²) in [6.45, 7) is -0.0406. The van der Waals surface area contributed by atoms with Crippen molar-refractivity contribution < 1.29 is 29.4 Å². The molecule has 0 bridgehead atoms. The van der Waals surface area contributed by atoms with Gasteiger partial charge in [-0.15, -0.1) is 0 Å². The Hall–Kier alpha value is -5.22. The highest BCUT2D eigenvalue weighted by molar-refractivity contribution is 6.02. The van der Waals surface area contributed by atoms with Crippen LogP contribution < -0.4 is 10.6 Å². The third-order valence-corrected chi connectivity index (χ3v) is 4.36. The van der Waals surface area contributed by atoms with E-state index in [2.05, 4.69) is 10.6 Å². The van der Waals surface area contributed by atoms with Gasteiger partial charge < -0.3 is 20.8 Å². The van der Waals surface area contributed by atoms with Crippen molar-refractivity contribution in [1.82, 2.24) is 10.6 Å². The second-order valence-corrected chi connectivity index (χ2v) is 6.71. The zero-order chi connectivity index (χ0) is 25.1. The zero-order valence-electron chi connectivity index (χ0n) is 17.6. The molecule has 0 spiro atoms. The third kappa shape index (κ3) is 7.18. The van der Waals surface area contributed by atoms with Crippen molar-refractivity contribution in [2.24, 2.45) is 0 Å². The average Bonchev–Trinajstić information content (AvgIpc) is 2.83. The maximum atomic E-state index is 12.2. The summed E-state index contributed by atoms with van der Waals surface area (Å²) in [4.78, 5) is 46.1. The Bertz CT molecular complexity index is 1150. The summed E-state index contributed by atoms with van der Waals surface area (Å²) in [6, 6.07) is 14.7. The standard InChI is InChI=1S/C24H18N4O6/c25-13-19(11-15-1-5-17(6-2-15)23(31)32)21(29)27-9-10-28-22(30)20(14-26)12-16-3-7-18(8-4-16)24(33)34/h1-8,11-12H,9-10H2,(H,27,29)(H,28,30)(H,31,32)(H,33,34)/b19-11+,20-12+. The molecule has 0 aliphatic heterocycles. The van der Waals surface area contributed by atoms with Gasteiger partial charge in [-0.3, -0.25) is 9.59 Å². The topological polar surface area (TPSA) is 180 Å². The fourth-order valence-electron chi connectivity index (χ4n) is 2.62. The average molecular weight is 458 g/mol. The Morgan fingerprint density at radius 3 is 1.26 bits per heavy atom. The third-order valence-electron chi connectivity index (χ3n) is 4.36. The van der Waals surface area contributed by atoms with Crippen LogP contribution in [0.2, 0.25) is 0 Å². The van der Waals surface area contributed by atoms with Crippen molar-refractivity contribution in [3.8, 4) is 12.1 Å². The number of nitriles is 2. The summed E-state index contributed by atoms with van der Waals surface area (Å²) in [7, 11) is 0. The lowest BCUT2D eigenvalue weighted by Gasteiger charge is -2.06. The van der Waals surface area contributed by atoms with Gasteiger partial charge in [0.1, 0.15) is 23.3 Å². The molecular formula is C24H18N4O6. The first kappa shape index (κ1) is 25.0. The molecule has 0 unspecified atom stereocenters. The molecule has 2 aromatic rings. The quantitative estimate of drug-likeness (QED) is 0.249. The van der Waals surface area contributed by atoms with Crippen LogP contribution >= 0.6 is 0 Å². The highest BCUT2D eigenvalue weighted by atomic mass is 16.4. The van der Waals surface area contributed by atoms with Crippen LogP contribution in [0.25, 0.3) is 12.2 Å². The van der Waals surface area contributed by atoms with Crippen LogP contribution in [-0.4, -0.2) is 47.1 Å². The van der Waals surface area contributed by atoms with Gasteiger partial charge in [0, 0.05) is 13.1 Å². The molecule has 10 nitrogen and oxygen atoms in total. The molecule has 0 atom stereocenters. The highest BCUT2D eigenvalue weighted by Crippen LogP contribution is 2.10. The molecule has 2 amide bonds. The molecular weight excluding hydrogens is 440 g/mol. The van der Waals surface area contributed by atoms with Crippen LogP contribution in [0.1, 0.15) is 31.8 Å².